The highest BCUT2D eigenvalue weighted by atomic mass is 32.2. The monoisotopic (exact) mass is 283 g/mol. The van der Waals surface area contributed by atoms with Gasteiger partial charge in [0.1, 0.15) is 0 Å². The van der Waals surface area contributed by atoms with Crippen LogP contribution in [-0.2, 0) is 9.84 Å². The number of nitrogens with one attached hydrogen (secondary N) is 1. The van der Waals surface area contributed by atoms with E-state index in [4.69, 9.17) is 0 Å². The molecule has 2 rings (SSSR count). The highest BCUT2D eigenvalue weighted by Gasteiger charge is 2.32. The van der Waals surface area contributed by atoms with Gasteiger partial charge in [-0.05, 0) is 13.0 Å². The number of hydrogen-bond acceptors (Lipinski definition) is 5. The van der Waals surface area contributed by atoms with E-state index < -0.39 is 9.84 Å². The normalized spacial score (nSPS) is 22.0. The highest BCUT2D eigenvalue weighted by Crippen LogP contribution is 2.19. The molecule has 6 nitrogen and oxygen atoms in total. The molecule has 1 amide bonds. The molecule has 1 N–H and O–H groups in total. The van der Waals surface area contributed by atoms with Crippen LogP contribution < -0.4 is 5.32 Å². The van der Waals surface area contributed by atoms with E-state index in [1.54, 1.807) is 37.3 Å². The summed E-state index contributed by atoms with van der Waals surface area (Å²) in [6.45, 7) is 2.00. The van der Waals surface area contributed by atoms with Crippen molar-refractivity contribution in [2.45, 2.75) is 13.0 Å². The molecule has 0 aliphatic carbocycles. The van der Waals surface area contributed by atoms with Gasteiger partial charge in [0.15, 0.2) is 9.84 Å². The second-order valence-corrected chi connectivity index (χ2v) is 6.86. The van der Waals surface area contributed by atoms with Crippen LogP contribution in [0.25, 0.3) is 0 Å². The summed E-state index contributed by atoms with van der Waals surface area (Å²) in [6, 6.07) is 1.34. The van der Waals surface area contributed by atoms with Crippen LogP contribution in [0.5, 0.6) is 0 Å². The molecule has 1 atom stereocenters. The molecule has 104 valence electrons. The van der Waals surface area contributed by atoms with E-state index in [2.05, 4.69) is 10.3 Å². The first-order valence-corrected chi connectivity index (χ1v) is 7.90. The largest absolute Gasteiger partial charge is 0.386 e. The van der Waals surface area contributed by atoms with Crippen LogP contribution in [0.3, 0.4) is 0 Å². The number of pyridine rings is 1. The summed E-state index contributed by atoms with van der Waals surface area (Å²) in [5, 5.41) is 2.92. The van der Waals surface area contributed by atoms with Crippen molar-refractivity contribution >= 4 is 21.4 Å². The Balaban J connectivity index is 2.25. The molecular weight excluding hydrogens is 266 g/mol. The number of rotatable bonds is 2. The lowest BCUT2D eigenvalue weighted by atomic mass is 10.1. The maximum atomic E-state index is 12.5. The van der Waals surface area contributed by atoms with Crippen molar-refractivity contribution in [1.82, 2.24) is 9.88 Å². The number of anilines is 1. The molecule has 0 bridgehead atoms. The standard InChI is InChI=1S/C12H17N3O3S/c1-9-8-19(17,18)6-5-15(9)12(16)10-3-4-14-7-11(10)13-2/h3-4,7,9,13H,5-6,8H2,1-2H3. The Bertz CT molecular complexity index is 586. The first-order valence-electron chi connectivity index (χ1n) is 6.08. The third-order valence-corrected chi connectivity index (χ3v) is 5.05. The van der Waals surface area contributed by atoms with E-state index in [1.165, 1.54) is 0 Å². The molecule has 2 heterocycles. The van der Waals surface area contributed by atoms with Crippen LogP contribution in [-0.4, -0.2) is 55.3 Å². The fourth-order valence-electron chi connectivity index (χ4n) is 2.24. The van der Waals surface area contributed by atoms with Gasteiger partial charge in [-0.2, -0.15) is 0 Å². The van der Waals surface area contributed by atoms with E-state index >= 15 is 0 Å². The van der Waals surface area contributed by atoms with Gasteiger partial charge in [-0.15, -0.1) is 0 Å². The molecule has 19 heavy (non-hydrogen) atoms. The van der Waals surface area contributed by atoms with E-state index in [1.807, 2.05) is 0 Å². The van der Waals surface area contributed by atoms with E-state index in [-0.39, 0.29) is 30.0 Å². The molecule has 0 spiro atoms. The van der Waals surface area contributed by atoms with E-state index in [0.29, 0.717) is 11.3 Å². The average molecular weight is 283 g/mol. The van der Waals surface area contributed by atoms with Crippen LogP contribution in [0.15, 0.2) is 18.5 Å². The van der Waals surface area contributed by atoms with Gasteiger partial charge in [0, 0.05) is 25.8 Å². The SMILES string of the molecule is CNc1cnccc1C(=O)N1CCS(=O)(=O)CC1C. The zero-order valence-electron chi connectivity index (χ0n) is 11.0. The van der Waals surface area contributed by atoms with Gasteiger partial charge in [-0.25, -0.2) is 8.42 Å². The Kier molecular flexibility index (Phi) is 3.75. The van der Waals surface area contributed by atoms with Gasteiger partial charge in [-0.1, -0.05) is 0 Å². The summed E-state index contributed by atoms with van der Waals surface area (Å²) in [7, 11) is -1.30. The van der Waals surface area contributed by atoms with Crippen molar-refractivity contribution in [2.24, 2.45) is 0 Å². The summed E-state index contributed by atoms with van der Waals surface area (Å²) in [4.78, 5) is 18.0. The minimum atomic E-state index is -3.02. The van der Waals surface area contributed by atoms with Crippen LogP contribution in [0, 0.1) is 0 Å². The quantitative estimate of drug-likeness (QED) is 0.849. The second kappa shape index (κ2) is 5.16. The zero-order chi connectivity index (χ0) is 14.0. The van der Waals surface area contributed by atoms with E-state index in [9.17, 15) is 13.2 Å². The van der Waals surface area contributed by atoms with Gasteiger partial charge in [0.2, 0.25) is 0 Å². The third kappa shape index (κ3) is 2.86. The average Bonchev–Trinajstić information content (AvgIpc) is 2.37. The lowest BCUT2D eigenvalue weighted by Crippen LogP contribution is -2.49. The molecule has 1 aliphatic heterocycles. The third-order valence-electron chi connectivity index (χ3n) is 3.25. The van der Waals surface area contributed by atoms with Crippen LogP contribution in [0.4, 0.5) is 5.69 Å². The number of carbonyl (C=O) groups is 1. The number of carbonyl (C=O) groups excluding carboxylic acids is 1. The fourth-order valence-corrected chi connectivity index (χ4v) is 3.79. The fraction of sp³-hybridized carbons (Fsp3) is 0.500. The molecular formula is C12H17N3O3S. The Morgan fingerprint density at radius 3 is 2.89 bits per heavy atom. The maximum Gasteiger partial charge on any atom is 0.256 e. The van der Waals surface area contributed by atoms with Crippen molar-refractivity contribution in [2.75, 3.05) is 30.4 Å². The number of amides is 1. The van der Waals surface area contributed by atoms with E-state index in [0.717, 1.165) is 0 Å². The molecule has 1 unspecified atom stereocenters. The highest BCUT2D eigenvalue weighted by molar-refractivity contribution is 7.91. The predicted octanol–water partition coefficient (Wildman–Crippen LogP) is 0.382. The summed E-state index contributed by atoms with van der Waals surface area (Å²) in [6.07, 6.45) is 3.14. The Morgan fingerprint density at radius 2 is 2.26 bits per heavy atom. The number of nitrogens with zero attached hydrogens (tertiary/aromatic N) is 2. The summed E-state index contributed by atoms with van der Waals surface area (Å²) >= 11 is 0. The predicted molar refractivity (Wildman–Crippen MR) is 72.9 cm³/mol. The lowest BCUT2D eigenvalue weighted by Gasteiger charge is -2.33. The summed E-state index contributed by atoms with van der Waals surface area (Å²) < 4.78 is 23.1. The minimum absolute atomic E-state index is 0.0265. The molecule has 1 aromatic heterocycles. The van der Waals surface area contributed by atoms with Gasteiger partial charge < -0.3 is 10.2 Å². The first kappa shape index (κ1) is 13.8. The molecule has 1 aliphatic rings. The Hall–Kier alpha value is -1.63. The molecule has 0 radical (unpaired) electrons. The second-order valence-electron chi connectivity index (χ2n) is 4.63. The minimum Gasteiger partial charge on any atom is -0.386 e. The Labute approximate surface area is 112 Å². The molecule has 1 saturated heterocycles. The van der Waals surface area contributed by atoms with Crippen LogP contribution >= 0.6 is 0 Å². The van der Waals surface area contributed by atoms with Gasteiger partial charge in [0.25, 0.3) is 5.91 Å². The summed E-state index contributed by atoms with van der Waals surface area (Å²) in [5.41, 5.74) is 1.16. The Morgan fingerprint density at radius 1 is 1.53 bits per heavy atom. The molecule has 7 heteroatoms. The van der Waals surface area contributed by atoms with Gasteiger partial charge in [-0.3, -0.25) is 9.78 Å². The van der Waals surface area contributed by atoms with Gasteiger partial charge in [0.05, 0.1) is 29.0 Å². The maximum absolute atomic E-state index is 12.5. The zero-order valence-corrected chi connectivity index (χ0v) is 11.8. The number of hydrogen-bond donors (Lipinski definition) is 1. The topological polar surface area (TPSA) is 79.4 Å². The smallest absolute Gasteiger partial charge is 0.256 e. The van der Waals surface area contributed by atoms with Crippen LogP contribution in [0.1, 0.15) is 17.3 Å². The summed E-state index contributed by atoms with van der Waals surface area (Å²) in [5.74, 6) is -0.101. The number of sulfone groups is 1. The van der Waals surface area contributed by atoms with Crippen molar-refractivity contribution in [1.29, 1.82) is 0 Å². The van der Waals surface area contributed by atoms with Crippen LogP contribution in [0.2, 0.25) is 0 Å². The lowest BCUT2D eigenvalue weighted by molar-refractivity contribution is 0.0713. The molecule has 1 fully saturated rings. The number of aromatic nitrogens is 1. The molecule has 0 aromatic carbocycles. The van der Waals surface area contributed by atoms with Crippen molar-refractivity contribution in [3.63, 3.8) is 0 Å². The molecule has 1 aromatic rings. The van der Waals surface area contributed by atoms with Crippen molar-refractivity contribution in [3.05, 3.63) is 24.0 Å². The van der Waals surface area contributed by atoms with Crippen molar-refractivity contribution < 1.29 is 13.2 Å². The van der Waals surface area contributed by atoms with Crippen molar-refractivity contribution in [3.8, 4) is 0 Å². The molecule has 0 saturated carbocycles. The van der Waals surface area contributed by atoms with Gasteiger partial charge >= 0.3 is 0 Å². The first-order chi connectivity index (χ1) is 8.94.